The fourth-order valence-electron chi connectivity index (χ4n) is 3.10. The van der Waals surface area contributed by atoms with E-state index >= 15 is 0 Å². The molecule has 0 amide bonds. The third-order valence-electron chi connectivity index (χ3n) is 3.42. The molecule has 2 aliphatic heterocycles. The highest BCUT2D eigenvalue weighted by molar-refractivity contribution is 5.85. The average Bonchev–Trinajstić information content (AvgIpc) is 2.24. The minimum Gasteiger partial charge on any atom is -0.328 e. The first-order chi connectivity index (χ1) is 5.68. The fourth-order valence-corrected chi connectivity index (χ4v) is 3.10. The Bertz CT molecular complexity index is 158. The second kappa shape index (κ2) is 4.16. The molecule has 3 heteroatoms. The van der Waals surface area contributed by atoms with Crippen molar-refractivity contribution in [1.82, 2.24) is 4.90 Å². The number of hydrogen-bond donors (Lipinski definition) is 1. The smallest absolute Gasteiger partial charge is 0.0116 e. The Balaban J connectivity index is 0.000000845. The monoisotopic (exact) mass is 204 g/mol. The van der Waals surface area contributed by atoms with Gasteiger partial charge in [-0.2, -0.15) is 0 Å². The highest BCUT2D eigenvalue weighted by Gasteiger charge is 2.40. The topological polar surface area (TPSA) is 29.3 Å². The molecule has 2 heterocycles. The Morgan fingerprint density at radius 2 is 1.62 bits per heavy atom. The molecular formula is C10H21ClN2. The Morgan fingerprint density at radius 1 is 1.15 bits per heavy atom. The molecule has 2 bridgehead atoms. The first kappa shape index (κ1) is 11.3. The van der Waals surface area contributed by atoms with Gasteiger partial charge in [0, 0.05) is 24.2 Å². The highest BCUT2D eigenvalue weighted by Crippen LogP contribution is 2.36. The molecule has 0 aliphatic carbocycles. The van der Waals surface area contributed by atoms with Crippen LogP contribution in [-0.4, -0.2) is 29.1 Å². The predicted octanol–water partition coefficient (Wildman–Crippen LogP) is 1.77. The van der Waals surface area contributed by atoms with Gasteiger partial charge in [0.05, 0.1) is 0 Å². The van der Waals surface area contributed by atoms with E-state index in [2.05, 4.69) is 18.7 Å². The summed E-state index contributed by atoms with van der Waals surface area (Å²) in [6.45, 7) is 4.62. The third-order valence-corrected chi connectivity index (χ3v) is 3.42. The van der Waals surface area contributed by atoms with Crippen LogP contribution in [0.15, 0.2) is 0 Å². The lowest BCUT2D eigenvalue weighted by molar-refractivity contribution is 0.0938. The van der Waals surface area contributed by atoms with Gasteiger partial charge in [0.25, 0.3) is 0 Å². The minimum absolute atomic E-state index is 0. The van der Waals surface area contributed by atoms with Crippen molar-refractivity contribution < 1.29 is 0 Å². The summed E-state index contributed by atoms with van der Waals surface area (Å²) in [4.78, 5) is 2.68. The van der Waals surface area contributed by atoms with Gasteiger partial charge in [0.2, 0.25) is 0 Å². The van der Waals surface area contributed by atoms with Crippen LogP contribution in [0.5, 0.6) is 0 Å². The minimum atomic E-state index is 0. The van der Waals surface area contributed by atoms with Gasteiger partial charge in [-0.15, -0.1) is 12.4 Å². The van der Waals surface area contributed by atoms with Crippen LogP contribution >= 0.6 is 12.4 Å². The van der Waals surface area contributed by atoms with E-state index in [1.165, 1.54) is 25.7 Å². The molecule has 2 aliphatic rings. The Morgan fingerprint density at radius 3 is 2.00 bits per heavy atom. The summed E-state index contributed by atoms with van der Waals surface area (Å²) in [5.74, 6) is 0. The summed E-state index contributed by atoms with van der Waals surface area (Å²) in [6, 6.07) is 2.81. The quantitative estimate of drug-likeness (QED) is 0.706. The van der Waals surface area contributed by atoms with Crippen LogP contribution < -0.4 is 5.73 Å². The van der Waals surface area contributed by atoms with Gasteiger partial charge in [0.1, 0.15) is 0 Å². The van der Waals surface area contributed by atoms with Gasteiger partial charge in [-0.1, -0.05) is 0 Å². The second-order valence-electron chi connectivity index (χ2n) is 4.66. The van der Waals surface area contributed by atoms with Gasteiger partial charge in [-0.3, -0.25) is 4.90 Å². The van der Waals surface area contributed by atoms with Crippen molar-refractivity contribution in [3.63, 3.8) is 0 Å². The number of rotatable bonds is 1. The molecule has 2 saturated heterocycles. The van der Waals surface area contributed by atoms with E-state index in [0.717, 1.165) is 18.1 Å². The number of hydrogen-bond acceptors (Lipinski definition) is 2. The lowest BCUT2D eigenvalue weighted by atomic mass is 9.97. The molecule has 2 nitrogen and oxygen atoms in total. The molecule has 3 atom stereocenters. The molecule has 2 N–H and O–H groups in total. The third kappa shape index (κ3) is 2.00. The van der Waals surface area contributed by atoms with E-state index in [-0.39, 0.29) is 12.4 Å². The van der Waals surface area contributed by atoms with Gasteiger partial charge in [-0.05, 0) is 39.5 Å². The number of nitrogens with zero attached hydrogens (tertiary/aromatic N) is 1. The molecule has 0 saturated carbocycles. The van der Waals surface area contributed by atoms with E-state index in [9.17, 15) is 0 Å². The molecule has 0 aromatic heterocycles. The van der Waals surface area contributed by atoms with Crippen LogP contribution in [-0.2, 0) is 0 Å². The van der Waals surface area contributed by atoms with Crippen molar-refractivity contribution in [1.29, 1.82) is 0 Å². The zero-order valence-corrected chi connectivity index (χ0v) is 9.39. The van der Waals surface area contributed by atoms with Crippen LogP contribution in [0.1, 0.15) is 39.5 Å². The largest absolute Gasteiger partial charge is 0.328 e. The molecule has 13 heavy (non-hydrogen) atoms. The SMILES string of the molecule is CC(C)N1C2CC[C@H]1C[C@H](N)C2.Cl. The first-order valence-electron chi connectivity index (χ1n) is 5.21. The Hall–Kier alpha value is 0.210. The number of fused-ring (bicyclic) bond motifs is 2. The maximum Gasteiger partial charge on any atom is 0.0116 e. The molecule has 1 unspecified atom stereocenters. The second-order valence-corrected chi connectivity index (χ2v) is 4.66. The zero-order chi connectivity index (χ0) is 8.72. The molecular weight excluding hydrogens is 184 g/mol. The van der Waals surface area contributed by atoms with E-state index in [1.807, 2.05) is 0 Å². The van der Waals surface area contributed by atoms with Crippen LogP contribution in [0.2, 0.25) is 0 Å². The molecule has 0 spiro atoms. The van der Waals surface area contributed by atoms with Crippen LogP contribution in [0.25, 0.3) is 0 Å². The molecule has 2 fully saturated rings. The molecule has 2 rings (SSSR count). The van der Waals surface area contributed by atoms with Gasteiger partial charge in [0.15, 0.2) is 0 Å². The maximum atomic E-state index is 5.99. The van der Waals surface area contributed by atoms with Crippen molar-refractivity contribution in [2.45, 2.75) is 63.7 Å². The zero-order valence-electron chi connectivity index (χ0n) is 8.57. The fraction of sp³-hybridized carbons (Fsp3) is 1.00. The Labute approximate surface area is 87.3 Å². The molecule has 78 valence electrons. The average molecular weight is 205 g/mol. The first-order valence-corrected chi connectivity index (χ1v) is 5.21. The summed E-state index contributed by atoms with van der Waals surface area (Å²) >= 11 is 0. The lowest BCUT2D eigenvalue weighted by Crippen LogP contribution is -2.50. The molecule has 0 aromatic rings. The number of nitrogens with two attached hydrogens (primary N) is 1. The van der Waals surface area contributed by atoms with Crippen LogP contribution in [0.3, 0.4) is 0 Å². The lowest BCUT2D eigenvalue weighted by Gasteiger charge is -2.40. The summed E-state index contributed by atoms with van der Waals surface area (Å²) in [5.41, 5.74) is 5.99. The normalized spacial score (nSPS) is 39.2. The van der Waals surface area contributed by atoms with Crippen molar-refractivity contribution in [3.8, 4) is 0 Å². The van der Waals surface area contributed by atoms with Gasteiger partial charge < -0.3 is 5.73 Å². The van der Waals surface area contributed by atoms with Crippen molar-refractivity contribution in [3.05, 3.63) is 0 Å². The highest BCUT2D eigenvalue weighted by atomic mass is 35.5. The summed E-state index contributed by atoms with van der Waals surface area (Å²) < 4.78 is 0. The van der Waals surface area contributed by atoms with Crippen molar-refractivity contribution >= 4 is 12.4 Å². The van der Waals surface area contributed by atoms with Gasteiger partial charge in [-0.25, -0.2) is 0 Å². The van der Waals surface area contributed by atoms with Gasteiger partial charge >= 0.3 is 0 Å². The van der Waals surface area contributed by atoms with E-state index < -0.39 is 0 Å². The summed E-state index contributed by atoms with van der Waals surface area (Å²) in [6.07, 6.45) is 5.23. The molecule has 0 radical (unpaired) electrons. The summed E-state index contributed by atoms with van der Waals surface area (Å²) in [5, 5.41) is 0. The van der Waals surface area contributed by atoms with Crippen molar-refractivity contribution in [2.24, 2.45) is 5.73 Å². The maximum absolute atomic E-state index is 5.99. The number of halogens is 1. The molecule has 0 aromatic carbocycles. The number of piperidine rings is 1. The Kier molecular flexibility index (Phi) is 3.61. The standard InChI is InChI=1S/C10H20N2.ClH/c1-7(2)12-9-3-4-10(12)6-8(11)5-9;/h7-10H,3-6,11H2,1-2H3;1H/t8-,9-,10?;/m0./s1. The summed E-state index contributed by atoms with van der Waals surface area (Å²) in [7, 11) is 0. The van der Waals surface area contributed by atoms with Crippen molar-refractivity contribution in [2.75, 3.05) is 0 Å². The van der Waals surface area contributed by atoms with E-state index in [1.54, 1.807) is 0 Å². The van der Waals surface area contributed by atoms with E-state index in [0.29, 0.717) is 6.04 Å². The van der Waals surface area contributed by atoms with E-state index in [4.69, 9.17) is 5.73 Å². The predicted molar refractivity (Wildman–Crippen MR) is 58.2 cm³/mol. The van der Waals surface area contributed by atoms with Crippen LogP contribution in [0.4, 0.5) is 0 Å². The van der Waals surface area contributed by atoms with Crippen LogP contribution in [0, 0.1) is 0 Å².